The Kier molecular flexibility index (Phi) is 9.81. The van der Waals surface area contributed by atoms with Gasteiger partial charge in [0.1, 0.15) is 28.8 Å². The van der Waals surface area contributed by atoms with E-state index >= 15 is 0 Å². The minimum Gasteiger partial charge on any atom is -0.405 e. The molecule has 4 N–H and O–H groups in total. The largest absolute Gasteiger partial charge is 0.573 e. The quantitative estimate of drug-likeness (QED) is 0.151. The molecule has 2 atom stereocenters. The number of ether oxygens (including phenoxy) is 1. The van der Waals surface area contributed by atoms with Gasteiger partial charge in [0.15, 0.2) is 23.2 Å². The van der Waals surface area contributed by atoms with Crippen molar-refractivity contribution in [3.8, 4) is 5.75 Å². The summed E-state index contributed by atoms with van der Waals surface area (Å²) in [5, 5.41) is 16.9. The lowest BCUT2D eigenvalue weighted by Crippen LogP contribution is -2.34. The summed E-state index contributed by atoms with van der Waals surface area (Å²) in [5.74, 6) is -6.54. The molecular weight excluding hydrogens is 809 g/mol. The molecule has 2 aliphatic carbocycles. The zero-order valence-corrected chi connectivity index (χ0v) is 31.3. The zero-order valence-electron chi connectivity index (χ0n) is 31.3. The first-order chi connectivity index (χ1) is 27.2. The average Bonchev–Trinajstić information content (AvgIpc) is 3.71. The lowest BCUT2D eigenvalue weighted by Gasteiger charge is -2.38. The zero-order chi connectivity index (χ0) is 43.2. The van der Waals surface area contributed by atoms with Crippen molar-refractivity contribution in [3.63, 3.8) is 0 Å². The van der Waals surface area contributed by atoms with Crippen molar-refractivity contribution in [1.82, 2.24) is 20.4 Å². The molecule has 314 valence electrons. The number of aromatic amines is 2. The molecule has 20 heteroatoms. The van der Waals surface area contributed by atoms with Crippen LogP contribution in [0.2, 0.25) is 0 Å². The second-order valence-corrected chi connectivity index (χ2v) is 16.3. The van der Waals surface area contributed by atoms with Gasteiger partial charge in [-0.1, -0.05) is 45.9 Å². The second-order valence-electron chi connectivity index (χ2n) is 16.3. The van der Waals surface area contributed by atoms with Gasteiger partial charge in [-0.15, -0.1) is 13.2 Å². The molecule has 0 bridgehead atoms. The number of carbonyl (C=O) groups is 2. The van der Waals surface area contributed by atoms with Crippen molar-refractivity contribution in [2.45, 2.75) is 83.9 Å². The molecule has 2 aromatic carbocycles. The Morgan fingerprint density at radius 2 is 1.10 bits per heavy atom. The van der Waals surface area contributed by atoms with E-state index in [0.29, 0.717) is 30.3 Å². The Labute approximate surface area is 327 Å². The monoisotopic (exact) mass is 842 g/mol. The van der Waals surface area contributed by atoms with Crippen LogP contribution in [0.5, 0.6) is 5.75 Å². The molecule has 0 spiro atoms. The number of fused-ring (bicyclic) bond motifs is 2. The number of nitrogens with one attached hydrogen (secondary N) is 4. The standard InChI is InChI=1S/C20H16F7N3O2.C19H17F4N3O/c1-18(2)6-10-14(11(31)7-18)13(15-16(19(22,23)24)29-30-17(15)28-10)9-5-8(21)3-4-12(9)32-20(25,26)27;1-18(2)7-11-14(12(27)8-18)13(9-5-3-4-6-10(9)20)15-16(19(21,22)23)25-26-17(15)24-11/h3-5,13H,6-7H2,1-2H3,(H2,28,29,30);3-6,13H,7-8H2,1-2H3,(H2,24,25,26). The second kappa shape index (κ2) is 14.0. The molecule has 0 saturated heterocycles. The Bertz CT molecular complexity index is 2440. The Hall–Kier alpha value is -5.69. The Balaban J connectivity index is 0.000000181. The summed E-state index contributed by atoms with van der Waals surface area (Å²) in [6.07, 6.45) is -14.0. The maximum absolute atomic E-state index is 14.6. The van der Waals surface area contributed by atoms with Crippen LogP contribution in [0.15, 0.2) is 65.0 Å². The van der Waals surface area contributed by atoms with Gasteiger partial charge in [-0.25, -0.2) is 8.78 Å². The third kappa shape index (κ3) is 7.92. The average molecular weight is 843 g/mol. The highest BCUT2D eigenvalue weighted by Gasteiger charge is 2.50. The predicted octanol–water partition coefficient (Wildman–Crippen LogP) is 10.4. The molecule has 2 unspecified atom stereocenters. The summed E-state index contributed by atoms with van der Waals surface area (Å²) < 4.78 is 153. The molecule has 8 rings (SSSR count). The van der Waals surface area contributed by atoms with E-state index in [2.05, 4.69) is 25.6 Å². The molecule has 0 saturated carbocycles. The summed E-state index contributed by atoms with van der Waals surface area (Å²) >= 11 is 0. The van der Waals surface area contributed by atoms with Crippen molar-refractivity contribution in [2.75, 3.05) is 10.6 Å². The summed E-state index contributed by atoms with van der Waals surface area (Å²) in [4.78, 5) is 25.9. The number of Topliss-reactive ketones (excluding diaryl/α,β-unsaturated/α-hetero) is 2. The fraction of sp³-hybridized carbons (Fsp3) is 0.385. The first-order valence-corrected chi connectivity index (χ1v) is 17.9. The summed E-state index contributed by atoms with van der Waals surface area (Å²) in [5.41, 5.74) is -3.90. The van der Waals surface area contributed by atoms with Gasteiger partial charge >= 0.3 is 18.7 Å². The van der Waals surface area contributed by atoms with Gasteiger partial charge in [-0.2, -0.15) is 36.5 Å². The molecule has 4 aliphatic rings. The van der Waals surface area contributed by atoms with E-state index in [0.717, 1.165) is 0 Å². The molecule has 4 aromatic rings. The van der Waals surface area contributed by atoms with E-state index in [-0.39, 0.29) is 70.1 Å². The number of nitrogens with zero attached hydrogens (tertiary/aromatic N) is 2. The maximum Gasteiger partial charge on any atom is 0.573 e. The van der Waals surface area contributed by atoms with E-state index in [1.807, 2.05) is 24.0 Å². The molecule has 4 heterocycles. The number of allylic oxidation sites excluding steroid dienone is 4. The first-order valence-electron chi connectivity index (χ1n) is 17.9. The highest BCUT2D eigenvalue weighted by molar-refractivity contribution is 6.02. The van der Waals surface area contributed by atoms with Gasteiger partial charge in [-0.05, 0) is 47.9 Å². The lowest BCUT2D eigenvalue weighted by atomic mass is 9.69. The molecule has 59 heavy (non-hydrogen) atoms. The normalized spacial score (nSPS) is 21.0. The Morgan fingerprint density at radius 3 is 1.54 bits per heavy atom. The van der Waals surface area contributed by atoms with Crippen LogP contribution in [0.3, 0.4) is 0 Å². The Morgan fingerprint density at radius 1 is 0.644 bits per heavy atom. The number of H-pyrrole nitrogens is 2. The van der Waals surface area contributed by atoms with Crippen LogP contribution in [0.25, 0.3) is 0 Å². The highest BCUT2D eigenvalue weighted by atomic mass is 19.4. The van der Waals surface area contributed by atoms with Gasteiger partial charge in [0, 0.05) is 69.5 Å². The fourth-order valence-electron chi connectivity index (χ4n) is 8.32. The number of hydrogen-bond acceptors (Lipinski definition) is 7. The predicted molar refractivity (Wildman–Crippen MR) is 188 cm³/mol. The van der Waals surface area contributed by atoms with Crippen molar-refractivity contribution >= 4 is 23.2 Å². The number of halogens is 11. The number of carbonyl (C=O) groups excluding carboxylic acids is 2. The van der Waals surface area contributed by atoms with Crippen molar-refractivity contribution < 1.29 is 62.6 Å². The van der Waals surface area contributed by atoms with Crippen LogP contribution in [0.1, 0.15) is 98.9 Å². The van der Waals surface area contributed by atoms with E-state index in [1.54, 1.807) is 19.9 Å². The van der Waals surface area contributed by atoms with E-state index < -0.39 is 81.6 Å². The van der Waals surface area contributed by atoms with Crippen LogP contribution in [-0.4, -0.2) is 38.3 Å². The molecule has 9 nitrogen and oxygen atoms in total. The van der Waals surface area contributed by atoms with Crippen LogP contribution in [-0.2, 0) is 21.9 Å². The maximum atomic E-state index is 14.6. The third-order valence-electron chi connectivity index (χ3n) is 10.4. The number of aromatic nitrogens is 4. The topological polar surface area (TPSA) is 125 Å². The minimum absolute atomic E-state index is 0.0140. The minimum atomic E-state index is -5.19. The molecular formula is C39H33F11N6O3. The summed E-state index contributed by atoms with van der Waals surface area (Å²) in [6, 6.07) is 7.61. The van der Waals surface area contributed by atoms with Crippen LogP contribution < -0.4 is 15.4 Å². The summed E-state index contributed by atoms with van der Waals surface area (Å²) in [6.45, 7) is 7.37. The van der Waals surface area contributed by atoms with Crippen LogP contribution >= 0.6 is 0 Å². The van der Waals surface area contributed by atoms with Crippen molar-refractivity contribution in [2.24, 2.45) is 10.8 Å². The number of hydrogen-bond donors (Lipinski definition) is 4. The van der Waals surface area contributed by atoms with E-state index in [1.165, 1.54) is 18.2 Å². The van der Waals surface area contributed by atoms with Gasteiger partial charge in [0.05, 0.1) is 0 Å². The number of alkyl halides is 9. The smallest absolute Gasteiger partial charge is 0.405 e. The lowest BCUT2D eigenvalue weighted by molar-refractivity contribution is -0.275. The molecule has 0 radical (unpaired) electrons. The highest BCUT2D eigenvalue weighted by Crippen LogP contribution is 2.54. The van der Waals surface area contributed by atoms with Gasteiger partial charge in [0.2, 0.25) is 0 Å². The fourth-order valence-corrected chi connectivity index (χ4v) is 8.32. The molecule has 0 amide bonds. The number of ketones is 2. The van der Waals surface area contributed by atoms with Crippen molar-refractivity contribution in [1.29, 1.82) is 0 Å². The SMILES string of the molecule is CC1(C)CC(=O)C2=C(C1)Nc1n[nH]c(C(F)(F)F)c1C2c1cc(F)ccc1OC(F)(F)F.CC1(C)CC(=O)C2=C(C1)Nc1n[nH]c(C(F)(F)F)c1C2c1ccccc1F. The van der Waals surface area contributed by atoms with Crippen LogP contribution in [0.4, 0.5) is 59.9 Å². The van der Waals surface area contributed by atoms with E-state index in [4.69, 9.17) is 0 Å². The number of rotatable bonds is 3. The molecule has 2 aromatic heterocycles. The van der Waals surface area contributed by atoms with Crippen LogP contribution in [0, 0.1) is 22.5 Å². The van der Waals surface area contributed by atoms with E-state index in [9.17, 15) is 57.9 Å². The molecule has 0 fully saturated rings. The van der Waals surface area contributed by atoms with Gasteiger partial charge in [-0.3, -0.25) is 19.8 Å². The third-order valence-corrected chi connectivity index (χ3v) is 10.4. The molecule has 2 aliphatic heterocycles. The number of anilines is 2. The first kappa shape index (κ1) is 41.5. The number of benzene rings is 2. The van der Waals surface area contributed by atoms with Gasteiger partial charge in [0.25, 0.3) is 0 Å². The summed E-state index contributed by atoms with van der Waals surface area (Å²) in [7, 11) is 0. The van der Waals surface area contributed by atoms with Gasteiger partial charge < -0.3 is 15.4 Å². The van der Waals surface area contributed by atoms with Crippen molar-refractivity contribution in [3.05, 3.63) is 110 Å².